The summed E-state index contributed by atoms with van der Waals surface area (Å²) in [4.78, 5) is 4.27. The Kier molecular flexibility index (Phi) is 3.77. The number of rotatable bonds is 6. The lowest BCUT2D eigenvalue weighted by molar-refractivity contribution is 0.498. The first-order valence-electron chi connectivity index (χ1n) is 5.55. The van der Waals surface area contributed by atoms with Crippen LogP contribution in [0.3, 0.4) is 0 Å². The van der Waals surface area contributed by atoms with Gasteiger partial charge in [-0.1, -0.05) is 0 Å². The van der Waals surface area contributed by atoms with Crippen molar-refractivity contribution in [3.05, 3.63) is 42.4 Å². The molecule has 0 saturated carbocycles. The third kappa shape index (κ3) is 2.97. The predicted molar refractivity (Wildman–Crippen MR) is 62.2 cm³/mol. The minimum atomic E-state index is 0.938. The standard InChI is InChI=1S/C12H17N3O/c1-15-9-8-14-12(15)5-7-13-6-4-11-3-2-10-16-11/h2-3,8-10,13H,4-7H2,1H3. The van der Waals surface area contributed by atoms with Crippen molar-refractivity contribution in [1.82, 2.24) is 14.9 Å². The number of nitrogens with zero attached hydrogens (tertiary/aromatic N) is 2. The zero-order chi connectivity index (χ0) is 11.2. The summed E-state index contributed by atoms with van der Waals surface area (Å²) in [6.07, 6.45) is 7.41. The minimum absolute atomic E-state index is 0.938. The molecule has 1 N–H and O–H groups in total. The van der Waals surface area contributed by atoms with Gasteiger partial charge in [0.05, 0.1) is 6.26 Å². The normalized spacial score (nSPS) is 10.8. The van der Waals surface area contributed by atoms with Crippen LogP contribution in [0, 0.1) is 0 Å². The SMILES string of the molecule is Cn1ccnc1CCNCCc1ccco1. The lowest BCUT2D eigenvalue weighted by Crippen LogP contribution is -2.21. The molecule has 4 nitrogen and oxygen atoms in total. The highest BCUT2D eigenvalue weighted by Crippen LogP contribution is 1.99. The molecule has 0 aliphatic rings. The number of hydrogen-bond acceptors (Lipinski definition) is 3. The van der Waals surface area contributed by atoms with Crippen LogP contribution in [0.1, 0.15) is 11.6 Å². The molecule has 2 aromatic rings. The van der Waals surface area contributed by atoms with Crippen LogP contribution in [-0.4, -0.2) is 22.6 Å². The summed E-state index contributed by atoms with van der Waals surface area (Å²) in [7, 11) is 2.02. The zero-order valence-corrected chi connectivity index (χ0v) is 9.52. The highest BCUT2D eigenvalue weighted by atomic mass is 16.3. The first kappa shape index (κ1) is 11.0. The molecule has 2 heterocycles. The van der Waals surface area contributed by atoms with Crippen LogP contribution in [0.2, 0.25) is 0 Å². The Labute approximate surface area is 95.3 Å². The molecule has 0 bridgehead atoms. The number of nitrogens with one attached hydrogen (secondary N) is 1. The second-order valence-electron chi connectivity index (χ2n) is 3.78. The monoisotopic (exact) mass is 219 g/mol. The molecule has 0 fully saturated rings. The van der Waals surface area contributed by atoms with Gasteiger partial charge < -0.3 is 14.3 Å². The Morgan fingerprint density at radius 2 is 2.25 bits per heavy atom. The Bertz CT molecular complexity index is 406. The van der Waals surface area contributed by atoms with Crippen LogP contribution >= 0.6 is 0 Å². The van der Waals surface area contributed by atoms with Crippen LogP contribution in [0.15, 0.2) is 35.2 Å². The third-order valence-corrected chi connectivity index (χ3v) is 2.57. The van der Waals surface area contributed by atoms with E-state index >= 15 is 0 Å². The average molecular weight is 219 g/mol. The van der Waals surface area contributed by atoms with Gasteiger partial charge in [-0.25, -0.2) is 4.98 Å². The molecule has 0 spiro atoms. The maximum absolute atomic E-state index is 5.25. The smallest absolute Gasteiger partial charge is 0.109 e. The van der Waals surface area contributed by atoms with Crippen molar-refractivity contribution < 1.29 is 4.42 Å². The Balaban J connectivity index is 1.61. The van der Waals surface area contributed by atoms with Gasteiger partial charge in [0.25, 0.3) is 0 Å². The molecule has 2 rings (SSSR count). The van der Waals surface area contributed by atoms with Crippen molar-refractivity contribution >= 4 is 0 Å². The second kappa shape index (κ2) is 5.51. The molecule has 0 unspecified atom stereocenters. The molecule has 0 aromatic carbocycles. The highest BCUT2D eigenvalue weighted by molar-refractivity contribution is 4.98. The second-order valence-corrected chi connectivity index (χ2v) is 3.78. The van der Waals surface area contributed by atoms with E-state index < -0.39 is 0 Å². The fourth-order valence-corrected chi connectivity index (χ4v) is 1.63. The van der Waals surface area contributed by atoms with E-state index in [4.69, 9.17) is 4.42 Å². The van der Waals surface area contributed by atoms with Crippen molar-refractivity contribution in [1.29, 1.82) is 0 Å². The van der Waals surface area contributed by atoms with Crippen molar-refractivity contribution in [2.24, 2.45) is 7.05 Å². The molecule has 4 heteroatoms. The average Bonchev–Trinajstić information content (AvgIpc) is 2.90. The van der Waals surface area contributed by atoms with Gasteiger partial charge in [-0.05, 0) is 12.1 Å². The fraction of sp³-hybridized carbons (Fsp3) is 0.417. The van der Waals surface area contributed by atoms with Gasteiger partial charge >= 0.3 is 0 Å². The highest BCUT2D eigenvalue weighted by Gasteiger charge is 1.98. The largest absolute Gasteiger partial charge is 0.469 e. The van der Waals surface area contributed by atoms with Crippen LogP contribution in [0.5, 0.6) is 0 Å². The molecule has 16 heavy (non-hydrogen) atoms. The molecule has 86 valence electrons. The third-order valence-electron chi connectivity index (χ3n) is 2.57. The zero-order valence-electron chi connectivity index (χ0n) is 9.52. The summed E-state index contributed by atoms with van der Waals surface area (Å²) in [6.45, 7) is 1.89. The van der Waals surface area contributed by atoms with Gasteiger partial charge in [-0.15, -0.1) is 0 Å². The van der Waals surface area contributed by atoms with E-state index in [1.54, 1.807) is 6.26 Å². The van der Waals surface area contributed by atoms with Gasteiger partial charge in [-0.2, -0.15) is 0 Å². The molecule has 0 aliphatic carbocycles. The van der Waals surface area contributed by atoms with E-state index in [0.29, 0.717) is 0 Å². The fourth-order valence-electron chi connectivity index (χ4n) is 1.63. The van der Waals surface area contributed by atoms with Crippen molar-refractivity contribution in [3.63, 3.8) is 0 Å². The number of furan rings is 1. The predicted octanol–water partition coefficient (Wildman–Crippen LogP) is 1.39. The maximum atomic E-state index is 5.25. The summed E-state index contributed by atoms with van der Waals surface area (Å²) in [5.41, 5.74) is 0. The molecular weight excluding hydrogens is 202 g/mol. The first-order valence-corrected chi connectivity index (χ1v) is 5.55. The van der Waals surface area contributed by atoms with Gasteiger partial charge in [-0.3, -0.25) is 0 Å². The van der Waals surface area contributed by atoms with Crippen molar-refractivity contribution in [2.45, 2.75) is 12.8 Å². The van der Waals surface area contributed by atoms with E-state index in [0.717, 1.165) is 37.5 Å². The minimum Gasteiger partial charge on any atom is -0.469 e. The molecule has 0 aliphatic heterocycles. The Morgan fingerprint density at radius 1 is 1.38 bits per heavy atom. The molecular formula is C12H17N3O. The maximum Gasteiger partial charge on any atom is 0.109 e. The lowest BCUT2D eigenvalue weighted by atomic mass is 10.3. The number of aromatic nitrogens is 2. The molecule has 0 saturated heterocycles. The van der Waals surface area contributed by atoms with Gasteiger partial charge in [0.2, 0.25) is 0 Å². The van der Waals surface area contributed by atoms with E-state index in [-0.39, 0.29) is 0 Å². The number of aryl methyl sites for hydroxylation is 1. The Hall–Kier alpha value is -1.55. The summed E-state index contributed by atoms with van der Waals surface area (Å²) in [5, 5.41) is 3.38. The van der Waals surface area contributed by atoms with Crippen molar-refractivity contribution in [3.8, 4) is 0 Å². The molecule has 0 amide bonds. The molecule has 0 radical (unpaired) electrons. The summed E-state index contributed by atoms with van der Waals surface area (Å²) in [6, 6.07) is 3.92. The lowest BCUT2D eigenvalue weighted by Gasteiger charge is -2.03. The summed E-state index contributed by atoms with van der Waals surface area (Å²) >= 11 is 0. The topological polar surface area (TPSA) is 43.0 Å². The number of hydrogen-bond donors (Lipinski definition) is 1. The van der Waals surface area contributed by atoms with E-state index in [9.17, 15) is 0 Å². The van der Waals surface area contributed by atoms with E-state index in [2.05, 4.69) is 10.3 Å². The van der Waals surface area contributed by atoms with E-state index in [1.165, 1.54) is 0 Å². The van der Waals surface area contributed by atoms with Crippen LogP contribution in [0.4, 0.5) is 0 Å². The quantitative estimate of drug-likeness (QED) is 0.747. The molecule has 2 aromatic heterocycles. The summed E-state index contributed by atoms with van der Waals surface area (Å²) < 4.78 is 7.30. The molecule has 0 atom stereocenters. The van der Waals surface area contributed by atoms with Gasteiger partial charge in [0, 0.05) is 45.4 Å². The van der Waals surface area contributed by atoms with Crippen molar-refractivity contribution in [2.75, 3.05) is 13.1 Å². The van der Waals surface area contributed by atoms with Crippen LogP contribution < -0.4 is 5.32 Å². The van der Waals surface area contributed by atoms with Gasteiger partial charge in [0.15, 0.2) is 0 Å². The Morgan fingerprint density at radius 3 is 2.94 bits per heavy atom. The first-order chi connectivity index (χ1) is 7.86. The summed E-state index contributed by atoms with van der Waals surface area (Å²) in [5.74, 6) is 2.15. The van der Waals surface area contributed by atoms with Crippen LogP contribution in [-0.2, 0) is 19.9 Å². The van der Waals surface area contributed by atoms with E-state index in [1.807, 2.05) is 36.1 Å². The van der Waals surface area contributed by atoms with Gasteiger partial charge in [0.1, 0.15) is 11.6 Å². The van der Waals surface area contributed by atoms with Crippen LogP contribution in [0.25, 0.3) is 0 Å². The number of imidazole rings is 1.